The molecule has 0 heterocycles. The molecule has 0 saturated heterocycles. The molecule has 2 nitrogen and oxygen atoms in total. The minimum Gasteiger partial charge on any atom is -0.512 e. The first-order chi connectivity index (χ1) is 4.34. The van der Waals surface area contributed by atoms with Crippen molar-refractivity contribution in [2.45, 2.75) is 27.7 Å². The molecule has 10 heavy (non-hydrogen) atoms. The van der Waals surface area contributed by atoms with Crippen LogP contribution in [-0.4, -0.2) is 10.9 Å². The molecule has 0 saturated carbocycles. The molecule has 1 N–H and O–H groups in total. The third-order valence-electron chi connectivity index (χ3n) is 1.11. The molecule has 0 rings (SSSR count). The summed E-state index contributed by atoms with van der Waals surface area (Å²) in [6.45, 7) is 6.97. The van der Waals surface area contributed by atoms with E-state index in [4.69, 9.17) is 0 Å². The molecule has 2 heteroatoms. The normalized spacial score (nSPS) is 13.4. The predicted octanol–water partition coefficient (Wildman–Crippen LogP) is 2.06. The van der Waals surface area contributed by atoms with E-state index < -0.39 is 0 Å². The van der Waals surface area contributed by atoms with E-state index in [1.165, 1.54) is 13.0 Å². The number of allylic oxidation sites excluding steroid dienone is 2. The van der Waals surface area contributed by atoms with Crippen LogP contribution in [0.5, 0.6) is 0 Å². The number of aliphatic hydroxyl groups excluding tert-OH is 1. The van der Waals surface area contributed by atoms with Gasteiger partial charge in [0.05, 0.1) is 0 Å². The highest BCUT2D eigenvalue weighted by atomic mass is 16.3. The van der Waals surface area contributed by atoms with Crippen LogP contribution in [0.3, 0.4) is 0 Å². The molecule has 0 bridgehead atoms. The van der Waals surface area contributed by atoms with E-state index in [9.17, 15) is 9.90 Å². The predicted molar refractivity (Wildman–Crippen MR) is 40.8 cm³/mol. The zero-order valence-corrected chi connectivity index (χ0v) is 6.93. The smallest absolute Gasteiger partial charge is 0.155 e. The van der Waals surface area contributed by atoms with Crippen molar-refractivity contribution in [2.75, 3.05) is 0 Å². The Morgan fingerprint density at radius 2 is 1.80 bits per heavy atom. The number of aliphatic hydroxyl groups is 1. The largest absolute Gasteiger partial charge is 0.512 e. The van der Waals surface area contributed by atoms with Gasteiger partial charge in [0.15, 0.2) is 5.78 Å². The van der Waals surface area contributed by atoms with Crippen molar-refractivity contribution in [3.8, 4) is 0 Å². The van der Waals surface area contributed by atoms with Gasteiger partial charge < -0.3 is 5.11 Å². The molecule has 0 aliphatic heterocycles. The van der Waals surface area contributed by atoms with E-state index >= 15 is 0 Å². The Bertz CT molecular complexity index is 161. The van der Waals surface area contributed by atoms with Gasteiger partial charge >= 0.3 is 0 Å². The highest BCUT2D eigenvalue weighted by Gasteiger charge is 2.15. The molecule has 0 aromatic carbocycles. The fourth-order valence-corrected chi connectivity index (χ4v) is 0.409. The zero-order valence-electron chi connectivity index (χ0n) is 6.93. The summed E-state index contributed by atoms with van der Waals surface area (Å²) in [5, 5.41) is 9.20. The average molecular weight is 142 g/mol. The van der Waals surface area contributed by atoms with Crippen molar-refractivity contribution in [3.63, 3.8) is 0 Å². The second kappa shape index (κ2) is 2.86. The molecule has 0 spiro atoms. The second-order valence-electron chi connectivity index (χ2n) is 3.39. The summed E-state index contributed by atoms with van der Waals surface area (Å²) >= 11 is 0. The van der Waals surface area contributed by atoms with Gasteiger partial charge in [0.2, 0.25) is 0 Å². The maximum atomic E-state index is 10.5. The Kier molecular flexibility index (Phi) is 2.64. The van der Waals surface area contributed by atoms with Crippen LogP contribution >= 0.6 is 0 Å². The quantitative estimate of drug-likeness (QED) is 0.449. The van der Waals surface area contributed by atoms with Gasteiger partial charge in [0.1, 0.15) is 5.76 Å². The molecule has 0 amide bonds. The molecule has 58 valence electrons. The van der Waals surface area contributed by atoms with E-state index in [-0.39, 0.29) is 17.0 Å². The topological polar surface area (TPSA) is 37.3 Å². The lowest BCUT2D eigenvalue weighted by atomic mass is 9.93. The molecule has 0 aliphatic rings. The second-order valence-corrected chi connectivity index (χ2v) is 3.39. The number of rotatable bonds is 1. The van der Waals surface area contributed by atoms with Crippen LogP contribution in [0.25, 0.3) is 0 Å². The lowest BCUT2D eigenvalue weighted by Gasteiger charge is -2.16. The Labute approximate surface area is 61.6 Å². The molecule has 0 unspecified atom stereocenters. The minimum atomic E-state index is -0.314. The van der Waals surface area contributed by atoms with Gasteiger partial charge in [-0.3, -0.25) is 4.79 Å². The summed E-state index contributed by atoms with van der Waals surface area (Å²) in [5.41, 5.74) is -0.314. The summed E-state index contributed by atoms with van der Waals surface area (Å²) < 4.78 is 0. The van der Waals surface area contributed by atoms with Gasteiger partial charge in [0.25, 0.3) is 0 Å². The average Bonchev–Trinajstić information content (AvgIpc) is 1.60. The lowest BCUT2D eigenvalue weighted by Crippen LogP contribution is -2.09. The van der Waals surface area contributed by atoms with Gasteiger partial charge in [-0.25, -0.2) is 0 Å². The Morgan fingerprint density at radius 1 is 1.40 bits per heavy atom. The minimum absolute atomic E-state index is 0.118. The van der Waals surface area contributed by atoms with E-state index in [2.05, 4.69) is 0 Å². The first kappa shape index (κ1) is 9.21. The van der Waals surface area contributed by atoms with E-state index in [1.54, 1.807) is 0 Å². The molecule has 0 aromatic rings. The summed E-state index contributed by atoms with van der Waals surface area (Å²) in [6.07, 6.45) is 1.25. The van der Waals surface area contributed by atoms with Gasteiger partial charge in [-0.2, -0.15) is 0 Å². The van der Waals surface area contributed by atoms with Crippen molar-refractivity contribution in [1.82, 2.24) is 0 Å². The molecule has 0 atom stereocenters. The summed E-state index contributed by atoms with van der Waals surface area (Å²) in [7, 11) is 0. The lowest BCUT2D eigenvalue weighted by molar-refractivity contribution is -0.112. The van der Waals surface area contributed by atoms with Crippen LogP contribution in [0.1, 0.15) is 27.7 Å². The van der Waals surface area contributed by atoms with Crippen molar-refractivity contribution in [1.29, 1.82) is 0 Å². The number of ketones is 1. The number of hydrogen-bond donors (Lipinski definition) is 1. The summed E-state index contributed by atoms with van der Waals surface area (Å²) in [5.74, 6) is 0.0208. The third kappa shape index (κ3) is 3.28. The van der Waals surface area contributed by atoms with E-state index in [1.807, 2.05) is 20.8 Å². The number of carbonyl (C=O) groups excluding carboxylic acids is 1. The number of hydrogen-bond acceptors (Lipinski definition) is 2. The number of carbonyl (C=O) groups is 1. The van der Waals surface area contributed by atoms with Crippen molar-refractivity contribution in [3.05, 3.63) is 11.8 Å². The van der Waals surface area contributed by atoms with Crippen LogP contribution < -0.4 is 0 Å². The standard InChI is InChI=1S/C8H14O2/c1-6(9)5-7(10)8(2,3)4/h5,10H,1-4H3/b7-5-. The first-order valence-electron chi connectivity index (χ1n) is 3.26. The van der Waals surface area contributed by atoms with Gasteiger partial charge in [0, 0.05) is 11.5 Å². The van der Waals surface area contributed by atoms with Gasteiger partial charge in [-0.05, 0) is 6.92 Å². The van der Waals surface area contributed by atoms with E-state index in [0.29, 0.717) is 0 Å². The highest BCUT2D eigenvalue weighted by molar-refractivity contribution is 5.87. The fourth-order valence-electron chi connectivity index (χ4n) is 0.409. The fraction of sp³-hybridized carbons (Fsp3) is 0.625. The van der Waals surface area contributed by atoms with Crippen LogP contribution in [-0.2, 0) is 4.79 Å². The Morgan fingerprint density at radius 3 is 1.90 bits per heavy atom. The third-order valence-corrected chi connectivity index (χ3v) is 1.11. The maximum Gasteiger partial charge on any atom is 0.155 e. The Hall–Kier alpha value is -0.790. The van der Waals surface area contributed by atoms with Gasteiger partial charge in [-0.15, -0.1) is 0 Å². The molecule has 0 aromatic heterocycles. The summed E-state index contributed by atoms with van der Waals surface area (Å²) in [4.78, 5) is 10.5. The van der Waals surface area contributed by atoms with Crippen molar-refractivity contribution >= 4 is 5.78 Å². The molecule has 0 radical (unpaired) electrons. The van der Waals surface area contributed by atoms with Crippen molar-refractivity contribution < 1.29 is 9.90 Å². The highest BCUT2D eigenvalue weighted by Crippen LogP contribution is 2.21. The monoisotopic (exact) mass is 142 g/mol. The van der Waals surface area contributed by atoms with Gasteiger partial charge in [-0.1, -0.05) is 20.8 Å². The van der Waals surface area contributed by atoms with Crippen LogP contribution in [0, 0.1) is 5.41 Å². The Balaban J connectivity index is 4.35. The zero-order chi connectivity index (χ0) is 8.36. The van der Waals surface area contributed by atoms with Crippen molar-refractivity contribution in [2.24, 2.45) is 5.41 Å². The summed E-state index contributed by atoms with van der Waals surface area (Å²) in [6, 6.07) is 0. The van der Waals surface area contributed by atoms with Crippen LogP contribution in [0.4, 0.5) is 0 Å². The van der Waals surface area contributed by atoms with Crippen LogP contribution in [0.15, 0.2) is 11.8 Å². The van der Waals surface area contributed by atoms with E-state index in [0.717, 1.165) is 0 Å². The van der Waals surface area contributed by atoms with Crippen LogP contribution in [0.2, 0.25) is 0 Å². The molecule has 0 aliphatic carbocycles. The molecular formula is C8H14O2. The SMILES string of the molecule is CC(=O)/C=C(\O)C(C)(C)C. The first-order valence-corrected chi connectivity index (χ1v) is 3.26. The molecule has 0 fully saturated rings. The maximum absolute atomic E-state index is 10.5. The molecular weight excluding hydrogens is 128 g/mol.